The maximum atomic E-state index is 11.6. The van der Waals surface area contributed by atoms with Gasteiger partial charge in [0.15, 0.2) is 5.76 Å². The fourth-order valence-corrected chi connectivity index (χ4v) is 1.02. The quantitative estimate of drug-likeness (QED) is 0.654. The van der Waals surface area contributed by atoms with Gasteiger partial charge < -0.3 is 21.2 Å². The number of nitrogens with two attached hydrogens (primary N) is 2. The second kappa shape index (κ2) is 4.36. The number of hydrogen-bond donors (Lipinski definition) is 3. The molecule has 0 aliphatic heterocycles. The van der Waals surface area contributed by atoms with Crippen LogP contribution in [-0.2, 0) is 11.3 Å². The van der Waals surface area contributed by atoms with Gasteiger partial charge in [-0.3, -0.25) is 9.59 Å². The molecule has 1 rings (SSSR count). The fourth-order valence-electron chi connectivity index (χ4n) is 1.02. The first-order valence-electron chi connectivity index (χ1n) is 4.78. The van der Waals surface area contributed by atoms with E-state index in [0.29, 0.717) is 5.76 Å². The lowest BCUT2D eigenvalue weighted by molar-refractivity contribution is -0.122. The van der Waals surface area contributed by atoms with E-state index in [9.17, 15) is 9.59 Å². The Morgan fingerprint density at radius 3 is 2.50 bits per heavy atom. The normalized spacial score (nSPS) is 11.2. The van der Waals surface area contributed by atoms with Crippen molar-refractivity contribution in [1.82, 2.24) is 5.32 Å². The lowest BCUT2D eigenvalue weighted by Crippen LogP contribution is -2.52. The maximum Gasteiger partial charge on any atom is 0.287 e. The first-order chi connectivity index (χ1) is 7.36. The minimum Gasteiger partial charge on any atom is -0.455 e. The summed E-state index contributed by atoms with van der Waals surface area (Å²) in [5, 5.41) is 2.46. The molecule has 2 amide bonds. The zero-order valence-corrected chi connectivity index (χ0v) is 9.24. The van der Waals surface area contributed by atoms with Crippen molar-refractivity contribution in [2.24, 2.45) is 11.5 Å². The van der Waals surface area contributed by atoms with Gasteiger partial charge >= 0.3 is 0 Å². The predicted molar refractivity (Wildman–Crippen MR) is 57.3 cm³/mol. The van der Waals surface area contributed by atoms with Crippen LogP contribution in [0.1, 0.15) is 30.2 Å². The zero-order chi connectivity index (χ0) is 12.3. The van der Waals surface area contributed by atoms with Crippen LogP contribution in [0.2, 0.25) is 0 Å². The van der Waals surface area contributed by atoms with Crippen molar-refractivity contribution in [1.29, 1.82) is 0 Å². The Kier molecular flexibility index (Phi) is 3.34. The number of nitrogens with one attached hydrogen (secondary N) is 1. The average molecular weight is 225 g/mol. The molecule has 5 N–H and O–H groups in total. The summed E-state index contributed by atoms with van der Waals surface area (Å²) >= 11 is 0. The molecule has 0 atom stereocenters. The van der Waals surface area contributed by atoms with E-state index in [0.717, 1.165) is 0 Å². The molecule has 0 radical (unpaired) electrons. The number of furan rings is 1. The van der Waals surface area contributed by atoms with Gasteiger partial charge in [-0.1, -0.05) is 0 Å². The van der Waals surface area contributed by atoms with Crippen LogP contribution in [0.5, 0.6) is 0 Å². The van der Waals surface area contributed by atoms with Crippen LogP contribution in [0.25, 0.3) is 0 Å². The van der Waals surface area contributed by atoms with Crippen LogP contribution < -0.4 is 16.8 Å². The van der Waals surface area contributed by atoms with Gasteiger partial charge in [0.1, 0.15) is 11.3 Å². The summed E-state index contributed by atoms with van der Waals surface area (Å²) in [5.41, 5.74) is 9.34. The predicted octanol–water partition coefficient (Wildman–Crippen LogP) is -0.268. The van der Waals surface area contributed by atoms with Crippen molar-refractivity contribution in [2.45, 2.75) is 25.9 Å². The number of carbonyl (C=O) groups excluding carboxylic acids is 2. The molecule has 0 saturated heterocycles. The molecule has 0 aliphatic rings. The molecule has 0 unspecified atom stereocenters. The average Bonchev–Trinajstić information content (AvgIpc) is 2.64. The van der Waals surface area contributed by atoms with Crippen molar-refractivity contribution in [3.8, 4) is 0 Å². The molecule has 0 fully saturated rings. The Balaban J connectivity index is 2.76. The van der Waals surface area contributed by atoms with Crippen molar-refractivity contribution in [3.63, 3.8) is 0 Å². The molecule has 1 aromatic rings. The molecule has 16 heavy (non-hydrogen) atoms. The minimum absolute atomic E-state index is 0.106. The molecule has 1 heterocycles. The molecular formula is C10H15N3O3. The highest BCUT2D eigenvalue weighted by molar-refractivity contribution is 5.96. The molecule has 0 aliphatic carbocycles. The van der Waals surface area contributed by atoms with E-state index in [1.165, 1.54) is 19.9 Å². The summed E-state index contributed by atoms with van der Waals surface area (Å²) < 4.78 is 5.13. The van der Waals surface area contributed by atoms with Gasteiger partial charge in [-0.15, -0.1) is 0 Å². The van der Waals surface area contributed by atoms with Crippen LogP contribution in [0.15, 0.2) is 16.5 Å². The number of primary amides is 1. The Hall–Kier alpha value is -1.82. The minimum atomic E-state index is -1.12. The highest BCUT2D eigenvalue weighted by Gasteiger charge is 2.28. The molecule has 6 nitrogen and oxygen atoms in total. The van der Waals surface area contributed by atoms with Gasteiger partial charge in [0.05, 0.1) is 6.54 Å². The molecule has 0 saturated carbocycles. The van der Waals surface area contributed by atoms with Crippen molar-refractivity contribution in [3.05, 3.63) is 23.7 Å². The third kappa shape index (κ3) is 2.60. The topological polar surface area (TPSA) is 111 Å². The van der Waals surface area contributed by atoms with Crippen LogP contribution in [0.4, 0.5) is 0 Å². The summed E-state index contributed by atoms with van der Waals surface area (Å²) in [7, 11) is 0. The van der Waals surface area contributed by atoms with Crippen molar-refractivity contribution >= 4 is 11.8 Å². The van der Waals surface area contributed by atoms with Gasteiger partial charge in [-0.2, -0.15) is 0 Å². The lowest BCUT2D eigenvalue weighted by Gasteiger charge is -2.21. The summed E-state index contributed by atoms with van der Waals surface area (Å²) in [6.07, 6.45) is 0. The van der Waals surface area contributed by atoms with Crippen LogP contribution in [0, 0.1) is 0 Å². The van der Waals surface area contributed by atoms with E-state index in [1.807, 2.05) is 0 Å². The molecule has 88 valence electrons. The van der Waals surface area contributed by atoms with E-state index in [1.54, 1.807) is 6.07 Å². The second-order valence-corrected chi connectivity index (χ2v) is 3.91. The molecule has 0 bridgehead atoms. The van der Waals surface area contributed by atoms with Gasteiger partial charge in [0, 0.05) is 0 Å². The third-order valence-electron chi connectivity index (χ3n) is 2.13. The number of hydrogen-bond acceptors (Lipinski definition) is 4. The molecular weight excluding hydrogens is 210 g/mol. The molecule has 0 spiro atoms. The summed E-state index contributed by atoms with van der Waals surface area (Å²) in [4.78, 5) is 22.6. The first kappa shape index (κ1) is 12.3. The summed E-state index contributed by atoms with van der Waals surface area (Å²) in [5.74, 6) is -0.508. The number of amides is 2. The van der Waals surface area contributed by atoms with Crippen LogP contribution in [-0.4, -0.2) is 17.4 Å². The first-order valence-corrected chi connectivity index (χ1v) is 4.78. The van der Waals surface area contributed by atoms with Gasteiger partial charge in [0.25, 0.3) is 5.91 Å². The second-order valence-electron chi connectivity index (χ2n) is 3.91. The van der Waals surface area contributed by atoms with Gasteiger partial charge in [0.2, 0.25) is 5.91 Å². The van der Waals surface area contributed by atoms with Crippen molar-refractivity contribution in [2.75, 3.05) is 0 Å². The van der Waals surface area contributed by atoms with E-state index in [2.05, 4.69) is 5.32 Å². The zero-order valence-electron chi connectivity index (χ0n) is 9.24. The maximum absolute atomic E-state index is 11.6. The fraction of sp³-hybridized carbons (Fsp3) is 0.400. The number of rotatable bonds is 4. The largest absolute Gasteiger partial charge is 0.455 e. The number of carbonyl (C=O) groups is 2. The highest BCUT2D eigenvalue weighted by atomic mass is 16.4. The lowest BCUT2D eigenvalue weighted by atomic mass is 10.1. The van der Waals surface area contributed by atoms with E-state index < -0.39 is 17.4 Å². The standard InChI is InChI=1S/C10H15N3O3/c1-10(2,9(12)15)13-8(14)7-4-3-6(5-11)16-7/h3-4H,5,11H2,1-2H3,(H2,12,15)(H,13,14). The summed E-state index contributed by atoms with van der Waals surface area (Å²) in [6, 6.07) is 3.10. The van der Waals surface area contributed by atoms with E-state index >= 15 is 0 Å². The van der Waals surface area contributed by atoms with Crippen LogP contribution in [0.3, 0.4) is 0 Å². The van der Waals surface area contributed by atoms with Crippen molar-refractivity contribution < 1.29 is 14.0 Å². The smallest absolute Gasteiger partial charge is 0.287 e. The summed E-state index contributed by atoms with van der Waals surface area (Å²) in [6.45, 7) is 3.24. The highest BCUT2D eigenvalue weighted by Crippen LogP contribution is 2.09. The monoisotopic (exact) mass is 225 g/mol. The molecule has 6 heteroatoms. The van der Waals surface area contributed by atoms with Gasteiger partial charge in [-0.25, -0.2) is 0 Å². The van der Waals surface area contributed by atoms with E-state index in [4.69, 9.17) is 15.9 Å². The van der Waals surface area contributed by atoms with E-state index in [-0.39, 0.29) is 12.3 Å². The Morgan fingerprint density at radius 2 is 2.06 bits per heavy atom. The SMILES string of the molecule is CC(C)(NC(=O)c1ccc(CN)o1)C(N)=O. The third-order valence-corrected chi connectivity index (χ3v) is 2.13. The van der Waals surface area contributed by atoms with Gasteiger partial charge in [-0.05, 0) is 26.0 Å². The van der Waals surface area contributed by atoms with Crippen LogP contribution >= 0.6 is 0 Å². The Morgan fingerprint density at radius 1 is 1.44 bits per heavy atom. The Bertz CT molecular complexity index is 409. The molecule has 0 aromatic carbocycles. The Labute approximate surface area is 93.0 Å². The molecule has 1 aromatic heterocycles.